The van der Waals surface area contributed by atoms with E-state index in [9.17, 15) is 5.11 Å². The lowest BCUT2D eigenvalue weighted by atomic mass is 10.1. The summed E-state index contributed by atoms with van der Waals surface area (Å²) in [5.41, 5.74) is 1.59. The minimum absolute atomic E-state index is 0.216. The Morgan fingerprint density at radius 1 is 1.42 bits per heavy atom. The van der Waals surface area contributed by atoms with E-state index < -0.39 is 0 Å². The van der Waals surface area contributed by atoms with Crippen LogP contribution in [-0.2, 0) is 6.42 Å². The molecule has 100 valence electrons. The summed E-state index contributed by atoms with van der Waals surface area (Å²) in [5, 5.41) is 14.3. The van der Waals surface area contributed by atoms with Gasteiger partial charge in [0, 0.05) is 17.5 Å². The summed E-state index contributed by atoms with van der Waals surface area (Å²) < 4.78 is 5.74. The van der Waals surface area contributed by atoms with Gasteiger partial charge in [-0.05, 0) is 30.5 Å². The monoisotopic (exact) mass is 277 g/mol. The Labute approximate surface area is 117 Å². The SMILES string of the molecule is CCc1oc(NC2CC2)c(-c2cccc(Cl)c2)c1O. The molecule has 0 saturated heterocycles. The molecule has 1 aliphatic carbocycles. The van der Waals surface area contributed by atoms with Crippen LogP contribution in [0.25, 0.3) is 11.1 Å². The van der Waals surface area contributed by atoms with Crippen molar-refractivity contribution in [2.24, 2.45) is 0 Å². The molecule has 0 bridgehead atoms. The number of furan rings is 1. The van der Waals surface area contributed by atoms with Gasteiger partial charge in [-0.3, -0.25) is 0 Å². The third-order valence-electron chi connectivity index (χ3n) is 3.30. The smallest absolute Gasteiger partial charge is 0.205 e. The third-order valence-corrected chi connectivity index (χ3v) is 3.54. The molecule has 1 aromatic heterocycles. The van der Waals surface area contributed by atoms with E-state index in [0.717, 1.165) is 18.4 Å². The van der Waals surface area contributed by atoms with Crippen molar-refractivity contribution >= 4 is 17.5 Å². The summed E-state index contributed by atoms with van der Waals surface area (Å²) in [6, 6.07) is 7.92. The van der Waals surface area contributed by atoms with Gasteiger partial charge in [0.2, 0.25) is 5.88 Å². The van der Waals surface area contributed by atoms with Crippen molar-refractivity contribution in [2.45, 2.75) is 32.2 Å². The summed E-state index contributed by atoms with van der Waals surface area (Å²) in [6.07, 6.45) is 2.96. The molecule has 1 saturated carbocycles. The van der Waals surface area contributed by atoms with Gasteiger partial charge in [0.05, 0.1) is 5.56 Å². The lowest BCUT2D eigenvalue weighted by Crippen LogP contribution is -2.00. The molecule has 0 radical (unpaired) electrons. The molecule has 0 atom stereocenters. The van der Waals surface area contributed by atoms with Crippen LogP contribution in [0.3, 0.4) is 0 Å². The van der Waals surface area contributed by atoms with Gasteiger partial charge in [0.15, 0.2) is 5.75 Å². The number of nitrogens with one attached hydrogen (secondary N) is 1. The maximum atomic E-state index is 10.3. The molecule has 0 aliphatic heterocycles. The average Bonchev–Trinajstić information content (AvgIpc) is 3.13. The quantitative estimate of drug-likeness (QED) is 0.868. The molecule has 2 aromatic rings. The van der Waals surface area contributed by atoms with Crippen molar-refractivity contribution in [2.75, 3.05) is 5.32 Å². The molecule has 1 fully saturated rings. The fraction of sp³-hybridized carbons (Fsp3) is 0.333. The van der Waals surface area contributed by atoms with Crippen molar-refractivity contribution in [1.82, 2.24) is 0 Å². The van der Waals surface area contributed by atoms with Gasteiger partial charge >= 0.3 is 0 Å². The Balaban J connectivity index is 2.08. The van der Waals surface area contributed by atoms with Gasteiger partial charge in [-0.1, -0.05) is 30.7 Å². The zero-order valence-corrected chi connectivity index (χ0v) is 11.5. The number of benzene rings is 1. The van der Waals surface area contributed by atoms with E-state index in [1.165, 1.54) is 0 Å². The van der Waals surface area contributed by atoms with Crippen LogP contribution < -0.4 is 5.32 Å². The lowest BCUT2D eigenvalue weighted by Gasteiger charge is -2.05. The highest BCUT2D eigenvalue weighted by molar-refractivity contribution is 6.30. The van der Waals surface area contributed by atoms with Gasteiger partial charge in [-0.2, -0.15) is 0 Å². The number of aryl methyl sites for hydroxylation is 1. The van der Waals surface area contributed by atoms with E-state index in [4.69, 9.17) is 16.0 Å². The minimum atomic E-state index is 0.216. The Morgan fingerprint density at radius 3 is 2.84 bits per heavy atom. The second kappa shape index (κ2) is 4.82. The van der Waals surface area contributed by atoms with Crippen LogP contribution in [0.1, 0.15) is 25.5 Å². The first kappa shape index (κ1) is 12.4. The molecular formula is C15H16ClNO2. The predicted molar refractivity (Wildman–Crippen MR) is 76.8 cm³/mol. The van der Waals surface area contributed by atoms with Crippen molar-refractivity contribution in [3.05, 3.63) is 35.0 Å². The summed E-state index contributed by atoms with van der Waals surface area (Å²) in [4.78, 5) is 0. The Morgan fingerprint density at radius 2 is 2.21 bits per heavy atom. The van der Waals surface area contributed by atoms with Crippen LogP contribution in [-0.4, -0.2) is 11.1 Å². The molecule has 1 aliphatic rings. The number of hydrogen-bond acceptors (Lipinski definition) is 3. The Kier molecular flexibility index (Phi) is 3.15. The summed E-state index contributed by atoms with van der Waals surface area (Å²) in [7, 11) is 0. The topological polar surface area (TPSA) is 45.4 Å². The third kappa shape index (κ3) is 2.43. The maximum Gasteiger partial charge on any atom is 0.205 e. The number of halogens is 1. The largest absolute Gasteiger partial charge is 0.504 e. The van der Waals surface area contributed by atoms with Crippen LogP contribution in [0.4, 0.5) is 5.88 Å². The lowest BCUT2D eigenvalue weighted by molar-refractivity contribution is 0.437. The highest BCUT2D eigenvalue weighted by atomic mass is 35.5. The summed E-state index contributed by atoms with van der Waals surface area (Å²) in [5.74, 6) is 1.48. The fourth-order valence-corrected chi connectivity index (χ4v) is 2.33. The Bertz CT molecular complexity index is 602. The van der Waals surface area contributed by atoms with Gasteiger partial charge in [0.25, 0.3) is 0 Å². The maximum absolute atomic E-state index is 10.3. The van der Waals surface area contributed by atoms with E-state index in [-0.39, 0.29) is 5.75 Å². The highest BCUT2D eigenvalue weighted by Crippen LogP contribution is 2.43. The van der Waals surface area contributed by atoms with Gasteiger partial charge in [-0.15, -0.1) is 0 Å². The van der Waals surface area contributed by atoms with E-state index in [1.54, 1.807) is 0 Å². The first-order chi connectivity index (χ1) is 9.19. The molecule has 1 aromatic carbocycles. The molecular weight excluding hydrogens is 262 g/mol. The van der Waals surface area contributed by atoms with Crippen LogP contribution in [0.5, 0.6) is 5.75 Å². The first-order valence-electron chi connectivity index (χ1n) is 6.56. The van der Waals surface area contributed by atoms with Gasteiger partial charge < -0.3 is 14.8 Å². The Hall–Kier alpha value is -1.61. The van der Waals surface area contributed by atoms with Crippen LogP contribution in [0.15, 0.2) is 28.7 Å². The zero-order valence-electron chi connectivity index (χ0n) is 10.7. The second-order valence-electron chi connectivity index (χ2n) is 4.86. The molecule has 0 unspecified atom stereocenters. The molecule has 0 spiro atoms. The number of aromatic hydroxyl groups is 1. The zero-order chi connectivity index (χ0) is 13.4. The van der Waals surface area contributed by atoms with Crippen molar-refractivity contribution in [3.8, 4) is 16.9 Å². The normalized spacial score (nSPS) is 14.6. The van der Waals surface area contributed by atoms with Crippen LogP contribution >= 0.6 is 11.6 Å². The molecule has 3 nitrogen and oxygen atoms in total. The minimum Gasteiger partial charge on any atom is -0.504 e. The number of rotatable bonds is 4. The second-order valence-corrected chi connectivity index (χ2v) is 5.30. The van der Waals surface area contributed by atoms with E-state index >= 15 is 0 Å². The van der Waals surface area contributed by atoms with Gasteiger partial charge in [-0.25, -0.2) is 0 Å². The van der Waals surface area contributed by atoms with Crippen molar-refractivity contribution < 1.29 is 9.52 Å². The predicted octanol–water partition coefficient (Wildman–Crippen LogP) is 4.44. The standard InChI is InChI=1S/C15H16ClNO2/c1-2-12-14(18)13(9-4-3-5-10(16)8-9)15(19-12)17-11-6-7-11/h3-5,8,11,17-18H,2,6-7H2,1H3. The molecule has 1 heterocycles. The van der Waals surface area contributed by atoms with Crippen LogP contribution in [0, 0.1) is 0 Å². The van der Waals surface area contributed by atoms with Gasteiger partial charge in [0.1, 0.15) is 5.76 Å². The van der Waals surface area contributed by atoms with E-state index in [1.807, 2.05) is 31.2 Å². The summed E-state index contributed by atoms with van der Waals surface area (Å²) >= 11 is 6.03. The van der Waals surface area contributed by atoms with E-state index in [2.05, 4.69) is 5.32 Å². The number of hydrogen-bond donors (Lipinski definition) is 2. The molecule has 0 amide bonds. The van der Waals surface area contributed by atoms with Crippen molar-refractivity contribution in [3.63, 3.8) is 0 Å². The number of anilines is 1. The average molecular weight is 278 g/mol. The van der Waals surface area contributed by atoms with E-state index in [0.29, 0.717) is 34.7 Å². The molecule has 3 rings (SSSR count). The van der Waals surface area contributed by atoms with Crippen LogP contribution in [0.2, 0.25) is 5.02 Å². The highest BCUT2D eigenvalue weighted by Gasteiger charge is 2.27. The van der Waals surface area contributed by atoms with Crippen molar-refractivity contribution in [1.29, 1.82) is 0 Å². The summed E-state index contributed by atoms with van der Waals surface area (Å²) in [6.45, 7) is 1.96. The molecule has 2 N–H and O–H groups in total. The molecule has 19 heavy (non-hydrogen) atoms. The molecule has 4 heteroatoms. The fourth-order valence-electron chi connectivity index (χ4n) is 2.14. The first-order valence-corrected chi connectivity index (χ1v) is 6.94.